The third kappa shape index (κ3) is 2.35. The van der Waals surface area contributed by atoms with E-state index in [-0.39, 0.29) is 0 Å². The van der Waals surface area contributed by atoms with Crippen LogP contribution in [-0.2, 0) is 10.6 Å². The third-order valence-electron chi connectivity index (χ3n) is 3.68. The minimum Gasteiger partial charge on any atom is -0.378 e. The molecule has 0 spiro atoms. The van der Waals surface area contributed by atoms with Gasteiger partial charge in [-0.3, -0.25) is 0 Å². The van der Waals surface area contributed by atoms with Gasteiger partial charge in [0.2, 0.25) is 0 Å². The molecule has 19 heavy (non-hydrogen) atoms. The number of fused-ring (bicyclic) bond motifs is 1. The lowest BCUT2D eigenvalue weighted by Gasteiger charge is -2.36. The summed E-state index contributed by atoms with van der Waals surface area (Å²) in [5.74, 6) is 1.33. The summed E-state index contributed by atoms with van der Waals surface area (Å²) in [6, 6.07) is 6.26. The number of imidazole rings is 1. The van der Waals surface area contributed by atoms with E-state index in [0.29, 0.717) is 23.0 Å². The van der Waals surface area contributed by atoms with Crippen LogP contribution < -0.4 is 0 Å². The van der Waals surface area contributed by atoms with Crippen LogP contribution in [0.4, 0.5) is 0 Å². The first kappa shape index (κ1) is 13.2. The summed E-state index contributed by atoms with van der Waals surface area (Å²) >= 11 is 12.0. The monoisotopic (exact) mass is 298 g/mol. The van der Waals surface area contributed by atoms with Crippen LogP contribution in [0, 0.1) is 0 Å². The largest absolute Gasteiger partial charge is 0.378 e. The van der Waals surface area contributed by atoms with E-state index in [2.05, 4.69) is 9.55 Å². The van der Waals surface area contributed by atoms with Gasteiger partial charge in [0, 0.05) is 17.7 Å². The van der Waals surface area contributed by atoms with Gasteiger partial charge < -0.3 is 9.30 Å². The van der Waals surface area contributed by atoms with Crippen molar-refractivity contribution in [2.75, 3.05) is 6.61 Å². The van der Waals surface area contributed by atoms with Gasteiger partial charge in [0.25, 0.3) is 0 Å². The van der Waals surface area contributed by atoms with Gasteiger partial charge in [-0.05, 0) is 38.0 Å². The molecule has 1 aliphatic rings. The normalized spacial score (nSPS) is 22.7. The highest BCUT2D eigenvalue weighted by atomic mass is 35.5. The maximum atomic E-state index is 6.02. The zero-order valence-corrected chi connectivity index (χ0v) is 12.3. The van der Waals surface area contributed by atoms with Crippen LogP contribution in [0.5, 0.6) is 0 Å². The number of hydrogen-bond acceptors (Lipinski definition) is 2. The lowest BCUT2D eigenvalue weighted by Crippen LogP contribution is -2.34. The molecule has 0 bridgehead atoms. The fourth-order valence-corrected chi connectivity index (χ4v) is 3.10. The standard InChI is InChI=1S/C14H16Cl2N2O/c1-2-19-11-6-10(7-11)18-13-4-3-9(16)5-12(13)17-14(18)8-15/h3-5,10-11H,2,6-8H2,1H3. The maximum absolute atomic E-state index is 6.02. The average Bonchev–Trinajstić information content (AvgIpc) is 2.70. The molecule has 1 aliphatic carbocycles. The summed E-state index contributed by atoms with van der Waals surface area (Å²) in [6.45, 7) is 2.81. The Bertz CT molecular complexity index is 590. The lowest BCUT2D eigenvalue weighted by molar-refractivity contribution is -0.0192. The molecule has 0 N–H and O–H groups in total. The fraction of sp³-hybridized carbons (Fsp3) is 0.500. The number of nitrogens with zero attached hydrogens (tertiary/aromatic N) is 2. The van der Waals surface area contributed by atoms with Gasteiger partial charge in [0.1, 0.15) is 5.82 Å². The predicted octanol–water partition coefficient (Wildman–Crippen LogP) is 4.17. The van der Waals surface area contributed by atoms with Gasteiger partial charge in [-0.1, -0.05) is 11.6 Å². The van der Waals surface area contributed by atoms with Crippen LogP contribution in [0.15, 0.2) is 18.2 Å². The highest BCUT2D eigenvalue weighted by Crippen LogP contribution is 2.38. The summed E-state index contributed by atoms with van der Waals surface area (Å²) in [4.78, 5) is 4.57. The molecule has 1 heterocycles. The fourth-order valence-electron chi connectivity index (χ4n) is 2.74. The number of aromatic nitrogens is 2. The molecule has 0 amide bonds. The van der Waals surface area contributed by atoms with E-state index in [1.807, 2.05) is 25.1 Å². The van der Waals surface area contributed by atoms with Gasteiger partial charge >= 0.3 is 0 Å². The van der Waals surface area contributed by atoms with Crippen molar-refractivity contribution in [3.63, 3.8) is 0 Å². The summed E-state index contributed by atoms with van der Waals surface area (Å²) in [6.07, 6.45) is 2.44. The number of benzene rings is 1. The summed E-state index contributed by atoms with van der Waals surface area (Å²) < 4.78 is 7.87. The smallest absolute Gasteiger partial charge is 0.125 e. The highest BCUT2D eigenvalue weighted by Gasteiger charge is 2.33. The Morgan fingerprint density at radius 1 is 1.42 bits per heavy atom. The van der Waals surface area contributed by atoms with E-state index in [1.54, 1.807) is 0 Å². The molecule has 5 heteroatoms. The van der Waals surface area contributed by atoms with E-state index in [4.69, 9.17) is 27.9 Å². The van der Waals surface area contributed by atoms with E-state index >= 15 is 0 Å². The second-order valence-electron chi connectivity index (χ2n) is 4.87. The van der Waals surface area contributed by atoms with E-state index < -0.39 is 0 Å². The third-order valence-corrected chi connectivity index (χ3v) is 4.16. The average molecular weight is 299 g/mol. The van der Waals surface area contributed by atoms with Crippen LogP contribution in [0.25, 0.3) is 11.0 Å². The molecule has 1 aromatic heterocycles. The van der Waals surface area contributed by atoms with Crippen LogP contribution >= 0.6 is 23.2 Å². The Morgan fingerprint density at radius 2 is 2.21 bits per heavy atom. The number of alkyl halides is 1. The molecule has 102 valence electrons. The minimum absolute atomic E-state index is 0.378. The van der Waals surface area contributed by atoms with Crippen molar-refractivity contribution in [1.29, 1.82) is 0 Å². The van der Waals surface area contributed by atoms with E-state index in [1.165, 1.54) is 0 Å². The zero-order valence-electron chi connectivity index (χ0n) is 10.8. The maximum Gasteiger partial charge on any atom is 0.125 e. The summed E-state index contributed by atoms with van der Waals surface area (Å²) in [7, 11) is 0. The Labute approximate surface area is 122 Å². The molecular weight excluding hydrogens is 283 g/mol. The Balaban J connectivity index is 1.94. The van der Waals surface area contributed by atoms with Crippen molar-refractivity contribution in [1.82, 2.24) is 9.55 Å². The van der Waals surface area contributed by atoms with Gasteiger partial charge in [0.05, 0.1) is 23.0 Å². The quantitative estimate of drug-likeness (QED) is 0.792. The van der Waals surface area contributed by atoms with Gasteiger partial charge in [-0.15, -0.1) is 11.6 Å². The SMILES string of the molecule is CCOC1CC(n2c(CCl)nc3cc(Cl)ccc32)C1. The van der Waals surface area contributed by atoms with Gasteiger partial charge in [-0.2, -0.15) is 0 Å². The molecule has 3 nitrogen and oxygen atoms in total. The zero-order chi connectivity index (χ0) is 13.4. The topological polar surface area (TPSA) is 27.1 Å². The van der Waals surface area contributed by atoms with Crippen molar-refractivity contribution < 1.29 is 4.74 Å². The van der Waals surface area contributed by atoms with Gasteiger partial charge in [-0.25, -0.2) is 4.98 Å². The molecule has 0 unspecified atom stereocenters. The molecule has 1 fully saturated rings. The molecule has 0 atom stereocenters. The molecule has 0 saturated heterocycles. The molecule has 0 aliphatic heterocycles. The van der Waals surface area contributed by atoms with E-state index in [0.717, 1.165) is 36.3 Å². The molecule has 1 aromatic carbocycles. The Kier molecular flexibility index (Phi) is 3.70. The van der Waals surface area contributed by atoms with Crippen molar-refractivity contribution in [2.24, 2.45) is 0 Å². The number of ether oxygens (including phenoxy) is 1. The van der Waals surface area contributed by atoms with Crippen molar-refractivity contribution in [3.8, 4) is 0 Å². The van der Waals surface area contributed by atoms with Crippen LogP contribution in [0.3, 0.4) is 0 Å². The first-order valence-corrected chi connectivity index (χ1v) is 7.48. The van der Waals surface area contributed by atoms with Crippen molar-refractivity contribution in [3.05, 3.63) is 29.0 Å². The Hall–Kier alpha value is -0.770. The minimum atomic E-state index is 0.378. The predicted molar refractivity (Wildman–Crippen MR) is 78.0 cm³/mol. The lowest BCUT2D eigenvalue weighted by atomic mass is 9.88. The first-order valence-electron chi connectivity index (χ1n) is 6.56. The van der Waals surface area contributed by atoms with Crippen molar-refractivity contribution in [2.45, 2.75) is 37.8 Å². The molecule has 2 aromatic rings. The summed E-state index contributed by atoms with van der Waals surface area (Å²) in [5, 5.41) is 0.707. The number of halogens is 2. The van der Waals surface area contributed by atoms with Crippen LogP contribution in [0.1, 0.15) is 31.6 Å². The van der Waals surface area contributed by atoms with Crippen LogP contribution in [0.2, 0.25) is 5.02 Å². The number of hydrogen-bond donors (Lipinski definition) is 0. The Morgan fingerprint density at radius 3 is 2.89 bits per heavy atom. The van der Waals surface area contributed by atoms with Crippen molar-refractivity contribution >= 4 is 34.2 Å². The molecular formula is C14H16Cl2N2O. The van der Waals surface area contributed by atoms with E-state index in [9.17, 15) is 0 Å². The highest BCUT2D eigenvalue weighted by molar-refractivity contribution is 6.31. The van der Waals surface area contributed by atoms with Gasteiger partial charge in [0.15, 0.2) is 0 Å². The molecule has 0 radical (unpaired) electrons. The van der Waals surface area contributed by atoms with Crippen LogP contribution in [-0.4, -0.2) is 22.3 Å². The second kappa shape index (κ2) is 5.31. The molecule has 3 rings (SSSR count). The first-order chi connectivity index (χ1) is 9.22. The number of rotatable bonds is 4. The summed E-state index contributed by atoms with van der Waals surface area (Å²) in [5.41, 5.74) is 2.03. The molecule has 1 saturated carbocycles. The second-order valence-corrected chi connectivity index (χ2v) is 5.57.